The van der Waals surface area contributed by atoms with Crippen LogP contribution in [0.4, 0.5) is 10.5 Å². The van der Waals surface area contributed by atoms with E-state index in [1.165, 1.54) is 22.4 Å². The SMILES string of the molecule is CC(C)(C)OC(=O)N(CCCCCc1cc2c3c(c1)CCN3C(=O)CC2)CCc1cccc(O)c1. The van der Waals surface area contributed by atoms with Gasteiger partial charge >= 0.3 is 6.09 Å². The second-order valence-corrected chi connectivity index (χ2v) is 10.8. The van der Waals surface area contributed by atoms with Gasteiger partial charge in [0, 0.05) is 26.1 Å². The van der Waals surface area contributed by atoms with E-state index in [4.69, 9.17) is 4.74 Å². The number of anilines is 1. The molecule has 2 heterocycles. The molecule has 6 nitrogen and oxygen atoms in total. The van der Waals surface area contributed by atoms with Gasteiger partial charge in [-0.15, -0.1) is 0 Å². The minimum atomic E-state index is -0.533. The third-order valence-electron chi connectivity index (χ3n) is 6.74. The van der Waals surface area contributed by atoms with Crippen LogP contribution in [-0.4, -0.2) is 47.2 Å². The predicted molar refractivity (Wildman–Crippen MR) is 138 cm³/mol. The Morgan fingerprint density at radius 3 is 2.49 bits per heavy atom. The van der Waals surface area contributed by atoms with E-state index in [1.807, 2.05) is 37.8 Å². The molecule has 2 aromatic carbocycles. The van der Waals surface area contributed by atoms with Crippen LogP contribution in [0.5, 0.6) is 5.75 Å². The van der Waals surface area contributed by atoms with Gasteiger partial charge in [0.15, 0.2) is 0 Å². The lowest BCUT2D eigenvalue weighted by molar-refractivity contribution is -0.118. The number of phenolic OH excluding ortho intramolecular Hbond substituents is 1. The number of aromatic hydroxyl groups is 1. The van der Waals surface area contributed by atoms with Crippen molar-refractivity contribution in [3.8, 4) is 5.75 Å². The van der Waals surface area contributed by atoms with Crippen LogP contribution >= 0.6 is 0 Å². The summed E-state index contributed by atoms with van der Waals surface area (Å²) < 4.78 is 5.64. The first-order valence-corrected chi connectivity index (χ1v) is 12.9. The molecule has 35 heavy (non-hydrogen) atoms. The standard InChI is InChI=1S/C29H38N2O4/c1-29(2,3)35-28(34)30(16-13-21-9-7-10-25(32)20-21)15-6-4-5-8-22-18-23-11-12-26(33)31-17-14-24(19-22)27(23)31/h7,9-10,18-20,32H,4-6,8,11-17H2,1-3H3. The minimum absolute atomic E-state index is 0.242. The summed E-state index contributed by atoms with van der Waals surface area (Å²) in [6, 6.07) is 11.8. The molecule has 0 radical (unpaired) electrons. The number of ether oxygens (including phenoxy) is 1. The molecule has 0 fully saturated rings. The molecule has 4 rings (SSSR count). The highest BCUT2D eigenvalue weighted by Crippen LogP contribution is 2.37. The maximum atomic E-state index is 12.8. The number of hydrogen-bond donors (Lipinski definition) is 1. The van der Waals surface area contributed by atoms with Crippen LogP contribution in [-0.2, 0) is 35.2 Å². The fourth-order valence-corrected chi connectivity index (χ4v) is 5.08. The van der Waals surface area contributed by atoms with Crippen molar-refractivity contribution in [2.75, 3.05) is 24.5 Å². The zero-order valence-corrected chi connectivity index (χ0v) is 21.3. The summed E-state index contributed by atoms with van der Waals surface area (Å²) in [5, 5.41) is 9.72. The van der Waals surface area contributed by atoms with Gasteiger partial charge in [0.2, 0.25) is 5.91 Å². The first-order chi connectivity index (χ1) is 16.7. The monoisotopic (exact) mass is 478 g/mol. The Balaban J connectivity index is 1.28. The smallest absolute Gasteiger partial charge is 0.410 e. The number of hydrogen-bond acceptors (Lipinski definition) is 4. The second-order valence-electron chi connectivity index (χ2n) is 10.8. The zero-order valence-electron chi connectivity index (χ0n) is 21.3. The Morgan fingerprint density at radius 2 is 1.74 bits per heavy atom. The number of phenols is 1. The normalized spacial score (nSPS) is 14.7. The number of benzene rings is 2. The molecule has 0 atom stereocenters. The Kier molecular flexibility index (Phi) is 7.68. The number of nitrogens with zero attached hydrogens (tertiary/aromatic N) is 2. The van der Waals surface area contributed by atoms with Crippen molar-refractivity contribution in [1.29, 1.82) is 0 Å². The molecule has 0 aliphatic carbocycles. The van der Waals surface area contributed by atoms with E-state index in [9.17, 15) is 14.7 Å². The topological polar surface area (TPSA) is 70.1 Å². The fraction of sp³-hybridized carbons (Fsp3) is 0.517. The van der Waals surface area contributed by atoms with Gasteiger partial charge < -0.3 is 19.6 Å². The molecule has 188 valence electrons. The third kappa shape index (κ3) is 6.56. The molecule has 2 amide bonds. The summed E-state index contributed by atoms with van der Waals surface area (Å²) in [5.74, 6) is 0.508. The Hall–Kier alpha value is -3.02. The molecule has 0 bridgehead atoms. The van der Waals surface area contributed by atoms with E-state index in [-0.39, 0.29) is 17.7 Å². The van der Waals surface area contributed by atoms with Crippen molar-refractivity contribution >= 4 is 17.7 Å². The lowest BCUT2D eigenvalue weighted by atomic mass is 9.94. The van der Waals surface area contributed by atoms with Crippen LogP contribution in [0, 0.1) is 0 Å². The Morgan fingerprint density at radius 1 is 0.971 bits per heavy atom. The van der Waals surface area contributed by atoms with Gasteiger partial charge in [-0.3, -0.25) is 4.79 Å². The lowest BCUT2D eigenvalue weighted by Crippen LogP contribution is -2.38. The molecule has 0 saturated heterocycles. The highest BCUT2D eigenvalue weighted by atomic mass is 16.6. The van der Waals surface area contributed by atoms with E-state index in [2.05, 4.69) is 12.1 Å². The average molecular weight is 479 g/mol. The van der Waals surface area contributed by atoms with Gasteiger partial charge in [0.05, 0.1) is 5.69 Å². The highest BCUT2D eigenvalue weighted by molar-refractivity contribution is 5.98. The molecule has 1 N–H and O–H groups in total. The van der Waals surface area contributed by atoms with Crippen LogP contribution in [0.2, 0.25) is 0 Å². The van der Waals surface area contributed by atoms with E-state index in [0.29, 0.717) is 25.9 Å². The van der Waals surface area contributed by atoms with Crippen LogP contribution in [0.1, 0.15) is 68.7 Å². The largest absolute Gasteiger partial charge is 0.508 e. The van der Waals surface area contributed by atoms with Crippen molar-refractivity contribution in [3.05, 3.63) is 58.7 Å². The molecule has 0 unspecified atom stereocenters. The highest BCUT2D eigenvalue weighted by Gasteiger charge is 2.31. The molecule has 6 heteroatoms. The number of aryl methyl sites for hydroxylation is 2. The molecule has 2 aliphatic heterocycles. The van der Waals surface area contributed by atoms with Crippen molar-refractivity contribution in [3.63, 3.8) is 0 Å². The molecule has 2 aromatic rings. The minimum Gasteiger partial charge on any atom is -0.508 e. The van der Waals surface area contributed by atoms with E-state index >= 15 is 0 Å². The van der Waals surface area contributed by atoms with Crippen molar-refractivity contribution in [2.24, 2.45) is 0 Å². The summed E-state index contributed by atoms with van der Waals surface area (Å²) in [5.41, 5.74) is 5.67. The molecule has 0 saturated carbocycles. The molecule has 2 aliphatic rings. The van der Waals surface area contributed by atoms with Crippen molar-refractivity contribution < 1.29 is 19.4 Å². The second kappa shape index (κ2) is 10.7. The van der Waals surface area contributed by atoms with Gasteiger partial charge in [-0.1, -0.05) is 30.7 Å². The number of carbonyl (C=O) groups excluding carboxylic acids is 2. The van der Waals surface area contributed by atoms with Gasteiger partial charge in [-0.05, 0) is 93.7 Å². The van der Waals surface area contributed by atoms with Gasteiger partial charge in [0.1, 0.15) is 11.4 Å². The van der Waals surface area contributed by atoms with Gasteiger partial charge in [-0.2, -0.15) is 0 Å². The number of rotatable bonds is 9. The van der Waals surface area contributed by atoms with Crippen molar-refractivity contribution in [1.82, 2.24) is 4.90 Å². The first kappa shape index (κ1) is 25.1. The third-order valence-corrected chi connectivity index (χ3v) is 6.74. The Labute approximate surface area is 208 Å². The summed E-state index contributed by atoms with van der Waals surface area (Å²) >= 11 is 0. The quantitative estimate of drug-likeness (QED) is 0.489. The van der Waals surface area contributed by atoms with E-state index in [1.54, 1.807) is 17.0 Å². The summed E-state index contributed by atoms with van der Waals surface area (Å²) in [6.07, 6.45) is 6.86. The summed E-state index contributed by atoms with van der Waals surface area (Å²) in [6.45, 7) is 7.70. The van der Waals surface area contributed by atoms with Gasteiger partial charge in [0.25, 0.3) is 0 Å². The van der Waals surface area contributed by atoms with E-state index < -0.39 is 5.60 Å². The predicted octanol–water partition coefficient (Wildman–Crippen LogP) is 5.42. The van der Waals surface area contributed by atoms with Gasteiger partial charge in [-0.25, -0.2) is 4.79 Å². The molecule has 0 aromatic heterocycles. The number of unbranched alkanes of at least 4 members (excludes halogenated alkanes) is 2. The number of carbonyl (C=O) groups is 2. The van der Waals surface area contributed by atoms with Crippen LogP contribution in [0.25, 0.3) is 0 Å². The maximum absolute atomic E-state index is 12.8. The summed E-state index contributed by atoms with van der Waals surface area (Å²) in [4.78, 5) is 28.7. The fourth-order valence-electron chi connectivity index (χ4n) is 5.08. The van der Waals surface area contributed by atoms with Crippen molar-refractivity contribution in [2.45, 2.75) is 77.7 Å². The average Bonchev–Trinajstić information content (AvgIpc) is 3.22. The van der Waals surface area contributed by atoms with Crippen LogP contribution in [0.3, 0.4) is 0 Å². The Bertz CT molecular complexity index is 1070. The maximum Gasteiger partial charge on any atom is 0.410 e. The van der Waals surface area contributed by atoms with E-state index in [0.717, 1.165) is 50.6 Å². The summed E-state index contributed by atoms with van der Waals surface area (Å²) in [7, 11) is 0. The molecule has 0 spiro atoms. The molecular weight excluding hydrogens is 440 g/mol. The first-order valence-electron chi connectivity index (χ1n) is 12.9. The van der Waals surface area contributed by atoms with Crippen LogP contribution < -0.4 is 4.90 Å². The molecular formula is C29H38N2O4. The zero-order chi connectivity index (χ0) is 25.0. The lowest BCUT2D eigenvalue weighted by Gasteiger charge is -2.27. The number of amides is 2. The van der Waals surface area contributed by atoms with Crippen LogP contribution in [0.15, 0.2) is 36.4 Å².